The molecule has 4 nitrogen and oxygen atoms in total. The van der Waals surface area contributed by atoms with Crippen LogP contribution in [0.25, 0.3) is 0 Å². The smallest absolute Gasteiger partial charge is 0.231 e. The van der Waals surface area contributed by atoms with E-state index in [2.05, 4.69) is 18.7 Å². The lowest BCUT2D eigenvalue weighted by atomic mass is 9.84. The van der Waals surface area contributed by atoms with E-state index in [9.17, 15) is 5.11 Å². The molecule has 4 heteroatoms. The SMILES string of the molecule is CC(C)N1CCC(O)(c2ccc3c(c2)OCO3)CC1. The van der Waals surface area contributed by atoms with Crippen LogP contribution in [0.2, 0.25) is 0 Å². The summed E-state index contributed by atoms with van der Waals surface area (Å²) in [5.74, 6) is 1.52. The van der Waals surface area contributed by atoms with Crippen LogP contribution in [0.3, 0.4) is 0 Å². The highest BCUT2D eigenvalue weighted by atomic mass is 16.7. The molecule has 1 saturated heterocycles. The van der Waals surface area contributed by atoms with E-state index in [1.165, 1.54) is 0 Å². The zero-order valence-corrected chi connectivity index (χ0v) is 11.6. The van der Waals surface area contributed by atoms with Gasteiger partial charge in [0.25, 0.3) is 0 Å². The Morgan fingerprint density at radius 2 is 1.84 bits per heavy atom. The van der Waals surface area contributed by atoms with Gasteiger partial charge in [0.15, 0.2) is 11.5 Å². The fourth-order valence-electron chi connectivity index (χ4n) is 2.89. The molecule has 0 radical (unpaired) electrons. The molecule has 0 amide bonds. The van der Waals surface area contributed by atoms with Gasteiger partial charge in [-0.3, -0.25) is 0 Å². The van der Waals surface area contributed by atoms with Gasteiger partial charge >= 0.3 is 0 Å². The minimum Gasteiger partial charge on any atom is -0.454 e. The molecule has 1 N–H and O–H groups in total. The van der Waals surface area contributed by atoms with Crippen LogP contribution < -0.4 is 9.47 Å². The van der Waals surface area contributed by atoms with Crippen LogP contribution in [0.4, 0.5) is 0 Å². The maximum absolute atomic E-state index is 10.9. The molecular weight excluding hydrogens is 242 g/mol. The van der Waals surface area contributed by atoms with Gasteiger partial charge in [-0.1, -0.05) is 6.07 Å². The third-order valence-electron chi connectivity index (χ3n) is 4.27. The van der Waals surface area contributed by atoms with Crippen LogP contribution in [0.1, 0.15) is 32.3 Å². The van der Waals surface area contributed by atoms with E-state index < -0.39 is 5.60 Å². The zero-order chi connectivity index (χ0) is 13.5. The second kappa shape index (κ2) is 4.69. The number of hydrogen-bond donors (Lipinski definition) is 1. The third-order valence-corrected chi connectivity index (χ3v) is 4.27. The summed E-state index contributed by atoms with van der Waals surface area (Å²) >= 11 is 0. The number of rotatable bonds is 2. The first-order valence-corrected chi connectivity index (χ1v) is 6.95. The predicted octanol–water partition coefficient (Wildman–Crippen LogP) is 2.11. The number of nitrogens with zero attached hydrogens (tertiary/aromatic N) is 1. The van der Waals surface area contributed by atoms with Gasteiger partial charge in [0.1, 0.15) is 0 Å². The first-order chi connectivity index (χ1) is 9.08. The number of ether oxygens (including phenoxy) is 2. The summed E-state index contributed by atoms with van der Waals surface area (Å²) in [6.07, 6.45) is 1.54. The van der Waals surface area contributed by atoms with E-state index >= 15 is 0 Å². The lowest BCUT2D eigenvalue weighted by molar-refractivity contribution is -0.0324. The van der Waals surface area contributed by atoms with Gasteiger partial charge in [-0.25, -0.2) is 0 Å². The summed E-state index contributed by atoms with van der Waals surface area (Å²) in [7, 11) is 0. The maximum atomic E-state index is 10.9. The molecule has 19 heavy (non-hydrogen) atoms. The highest BCUT2D eigenvalue weighted by Gasteiger charge is 2.35. The lowest BCUT2D eigenvalue weighted by Crippen LogP contribution is -2.45. The predicted molar refractivity (Wildman–Crippen MR) is 72.4 cm³/mol. The third kappa shape index (κ3) is 2.30. The topological polar surface area (TPSA) is 41.9 Å². The average Bonchev–Trinajstić information content (AvgIpc) is 2.86. The molecule has 1 aromatic rings. The number of benzene rings is 1. The molecule has 1 fully saturated rings. The summed E-state index contributed by atoms with van der Waals surface area (Å²) in [5.41, 5.74) is 0.215. The van der Waals surface area contributed by atoms with Crippen molar-refractivity contribution in [2.75, 3.05) is 19.9 Å². The second-order valence-corrected chi connectivity index (χ2v) is 5.73. The maximum Gasteiger partial charge on any atom is 0.231 e. The van der Waals surface area contributed by atoms with E-state index in [1.807, 2.05) is 18.2 Å². The number of hydrogen-bond acceptors (Lipinski definition) is 4. The molecule has 0 bridgehead atoms. The standard InChI is InChI=1S/C15H21NO3/c1-11(2)16-7-5-15(17,6-8-16)12-3-4-13-14(9-12)19-10-18-13/h3-4,9,11,17H,5-8,10H2,1-2H3. The highest BCUT2D eigenvalue weighted by Crippen LogP contribution is 2.39. The Labute approximate surface area is 113 Å². The second-order valence-electron chi connectivity index (χ2n) is 5.73. The molecule has 0 unspecified atom stereocenters. The molecule has 104 valence electrons. The van der Waals surface area contributed by atoms with Gasteiger partial charge in [0, 0.05) is 19.1 Å². The molecule has 0 atom stereocenters. The summed E-state index contributed by atoms with van der Waals surface area (Å²) < 4.78 is 10.7. The fourth-order valence-corrected chi connectivity index (χ4v) is 2.89. The van der Waals surface area contributed by atoms with Gasteiger partial charge in [-0.05, 0) is 44.4 Å². The number of fused-ring (bicyclic) bond motifs is 1. The Balaban J connectivity index is 1.78. The average molecular weight is 263 g/mol. The summed E-state index contributed by atoms with van der Waals surface area (Å²) in [6, 6.07) is 6.32. The van der Waals surface area contributed by atoms with Crippen LogP contribution in [-0.2, 0) is 5.60 Å². The van der Waals surface area contributed by atoms with Gasteiger partial charge in [-0.2, -0.15) is 0 Å². The Morgan fingerprint density at radius 3 is 2.53 bits per heavy atom. The Morgan fingerprint density at radius 1 is 1.16 bits per heavy atom. The van der Waals surface area contributed by atoms with Gasteiger partial charge in [-0.15, -0.1) is 0 Å². The van der Waals surface area contributed by atoms with E-state index in [0.717, 1.165) is 43.0 Å². The minimum atomic E-state index is -0.730. The molecule has 1 aromatic carbocycles. The summed E-state index contributed by atoms with van der Waals surface area (Å²) in [4.78, 5) is 2.40. The Hall–Kier alpha value is -1.26. The van der Waals surface area contributed by atoms with Crippen molar-refractivity contribution in [3.8, 4) is 11.5 Å². The van der Waals surface area contributed by atoms with Crippen molar-refractivity contribution in [3.05, 3.63) is 23.8 Å². The normalized spacial score (nSPS) is 21.9. The molecule has 3 rings (SSSR count). The monoisotopic (exact) mass is 263 g/mol. The first-order valence-electron chi connectivity index (χ1n) is 6.95. The minimum absolute atomic E-state index is 0.276. The van der Waals surface area contributed by atoms with Gasteiger partial charge in [0.2, 0.25) is 6.79 Å². The molecule has 0 aromatic heterocycles. The number of piperidine rings is 1. The van der Waals surface area contributed by atoms with Crippen molar-refractivity contribution in [3.63, 3.8) is 0 Å². The molecule has 0 aliphatic carbocycles. The summed E-state index contributed by atoms with van der Waals surface area (Å²) in [6.45, 7) is 6.54. The van der Waals surface area contributed by atoms with Crippen LogP contribution in [0, 0.1) is 0 Å². The number of likely N-dealkylation sites (tertiary alicyclic amines) is 1. The van der Waals surface area contributed by atoms with Crippen LogP contribution in [0.5, 0.6) is 11.5 Å². The van der Waals surface area contributed by atoms with Crippen molar-refractivity contribution in [1.29, 1.82) is 0 Å². The van der Waals surface area contributed by atoms with Crippen LogP contribution in [0.15, 0.2) is 18.2 Å². The molecular formula is C15H21NO3. The van der Waals surface area contributed by atoms with Crippen molar-refractivity contribution in [1.82, 2.24) is 4.90 Å². The molecule has 2 aliphatic heterocycles. The Kier molecular flexibility index (Phi) is 3.15. The van der Waals surface area contributed by atoms with E-state index in [1.54, 1.807) is 0 Å². The molecule has 2 heterocycles. The quantitative estimate of drug-likeness (QED) is 0.887. The van der Waals surface area contributed by atoms with E-state index in [0.29, 0.717) is 6.04 Å². The van der Waals surface area contributed by atoms with Crippen molar-refractivity contribution in [2.45, 2.75) is 38.3 Å². The number of aliphatic hydroxyl groups is 1. The van der Waals surface area contributed by atoms with Crippen molar-refractivity contribution >= 4 is 0 Å². The Bertz CT molecular complexity index is 464. The molecule has 2 aliphatic rings. The van der Waals surface area contributed by atoms with Gasteiger partial charge in [0.05, 0.1) is 5.60 Å². The zero-order valence-electron chi connectivity index (χ0n) is 11.6. The summed E-state index contributed by atoms with van der Waals surface area (Å²) in [5, 5.41) is 10.9. The van der Waals surface area contributed by atoms with E-state index in [4.69, 9.17) is 9.47 Å². The van der Waals surface area contributed by atoms with Gasteiger partial charge < -0.3 is 19.5 Å². The molecule has 0 spiro atoms. The van der Waals surface area contributed by atoms with Crippen LogP contribution in [-0.4, -0.2) is 35.9 Å². The van der Waals surface area contributed by atoms with E-state index in [-0.39, 0.29) is 6.79 Å². The largest absolute Gasteiger partial charge is 0.454 e. The first kappa shape index (κ1) is 12.8. The van der Waals surface area contributed by atoms with Crippen LogP contribution >= 0.6 is 0 Å². The van der Waals surface area contributed by atoms with Crippen molar-refractivity contribution in [2.24, 2.45) is 0 Å². The van der Waals surface area contributed by atoms with Crippen molar-refractivity contribution < 1.29 is 14.6 Å². The molecule has 0 saturated carbocycles. The highest BCUT2D eigenvalue weighted by molar-refractivity contribution is 5.46. The lowest BCUT2D eigenvalue weighted by Gasteiger charge is -2.40. The fraction of sp³-hybridized carbons (Fsp3) is 0.600.